The number of carbonyl (C=O) groups excluding carboxylic acids is 1. The largest absolute Gasteiger partial charge is 0.298 e. The smallest absolute Gasteiger partial charge is 0.152 e. The van der Waals surface area contributed by atoms with Crippen molar-refractivity contribution >= 4 is 40.6 Å². The van der Waals surface area contributed by atoms with Crippen LogP contribution in [0.2, 0.25) is 5.02 Å². The molecular formula is C16H10ClNOS. The van der Waals surface area contributed by atoms with E-state index in [-0.39, 0.29) is 0 Å². The number of carbonyl (C=O) groups is 1. The monoisotopic (exact) mass is 299 g/mol. The second kappa shape index (κ2) is 5.65. The fraction of sp³-hybridized carbons (Fsp3) is 0. The zero-order chi connectivity index (χ0) is 13.9. The van der Waals surface area contributed by atoms with Gasteiger partial charge in [-0.1, -0.05) is 47.6 Å². The number of hydrogen-bond donors (Lipinski definition) is 0. The third-order valence-electron chi connectivity index (χ3n) is 2.85. The summed E-state index contributed by atoms with van der Waals surface area (Å²) in [6.45, 7) is 0. The summed E-state index contributed by atoms with van der Waals surface area (Å²) in [5.74, 6) is 0. The van der Waals surface area contributed by atoms with Crippen LogP contribution in [0.15, 0.2) is 64.5 Å². The maximum atomic E-state index is 11.2. The number of para-hydroxylation sites is 1. The van der Waals surface area contributed by atoms with Gasteiger partial charge in [0.05, 0.1) is 5.52 Å². The number of fused-ring (bicyclic) bond motifs is 1. The molecule has 2 nitrogen and oxygen atoms in total. The van der Waals surface area contributed by atoms with Crippen molar-refractivity contribution in [1.82, 2.24) is 4.98 Å². The van der Waals surface area contributed by atoms with Crippen molar-refractivity contribution in [3.8, 4) is 0 Å². The van der Waals surface area contributed by atoms with Gasteiger partial charge in [-0.05, 0) is 30.3 Å². The van der Waals surface area contributed by atoms with E-state index in [2.05, 4.69) is 4.98 Å². The highest BCUT2D eigenvalue weighted by atomic mass is 35.5. The Hall–Kier alpha value is -1.84. The number of aromatic nitrogens is 1. The van der Waals surface area contributed by atoms with E-state index >= 15 is 0 Å². The van der Waals surface area contributed by atoms with Crippen molar-refractivity contribution < 1.29 is 4.79 Å². The van der Waals surface area contributed by atoms with Crippen LogP contribution >= 0.6 is 23.4 Å². The highest BCUT2D eigenvalue weighted by Gasteiger charge is 2.08. The lowest BCUT2D eigenvalue weighted by molar-refractivity contribution is 0.112. The summed E-state index contributed by atoms with van der Waals surface area (Å²) in [5, 5.41) is 2.33. The average Bonchev–Trinajstić information content (AvgIpc) is 2.46. The van der Waals surface area contributed by atoms with Crippen LogP contribution in [0.5, 0.6) is 0 Å². The third-order valence-corrected chi connectivity index (χ3v) is 4.10. The van der Waals surface area contributed by atoms with E-state index in [4.69, 9.17) is 11.6 Å². The molecule has 0 saturated carbocycles. The molecule has 1 aromatic heterocycles. The van der Waals surface area contributed by atoms with E-state index in [1.165, 1.54) is 11.8 Å². The minimum absolute atomic E-state index is 0.591. The summed E-state index contributed by atoms with van der Waals surface area (Å²) < 4.78 is 0. The Kier molecular flexibility index (Phi) is 3.72. The number of nitrogens with zero attached hydrogens (tertiary/aromatic N) is 1. The molecule has 0 saturated heterocycles. The molecule has 0 amide bonds. The molecule has 0 atom stereocenters. The number of hydrogen-bond acceptors (Lipinski definition) is 3. The van der Waals surface area contributed by atoms with Crippen LogP contribution in [0.4, 0.5) is 0 Å². The SMILES string of the molecule is O=Cc1cc2ccccc2nc1Sc1cccc(Cl)c1. The van der Waals surface area contributed by atoms with Crippen molar-refractivity contribution in [2.45, 2.75) is 9.92 Å². The minimum atomic E-state index is 0.591. The van der Waals surface area contributed by atoms with Gasteiger partial charge in [-0.15, -0.1) is 0 Å². The van der Waals surface area contributed by atoms with Crippen LogP contribution < -0.4 is 0 Å². The van der Waals surface area contributed by atoms with Crippen molar-refractivity contribution in [3.05, 3.63) is 65.2 Å². The Morgan fingerprint density at radius 2 is 1.90 bits per heavy atom. The lowest BCUT2D eigenvalue weighted by Gasteiger charge is -2.06. The molecular weight excluding hydrogens is 290 g/mol. The summed E-state index contributed by atoms with van der Waals surface area (Å²) >= 11 is 7.42. The molecule has 0 aliphatic rings. The molecule has 0 unspecified atom stereocenters. The molecule has 0 aliphatic carbocycles. The van der Waals surface area contributed by atoms with Gasteiger partial charge in [0.2, 0.25) is 0 Å². The average molecular weight is 300 g/mol. The van der Waals surface area contributed by atoms with Gasteiger partial charge in [0.15, 0.2) is 6.29 Å². The molecule has 4 heteroatoms. The van der Waals surface area contributed by atoms with E-state index < -0.39 is 0 Å². The first-order chi connectivity index (χ1) is 9.76. The number of rotatable bonds is 3. The van der Waals surface area contributed by atoms with Gasteiger partial charge in [-0.25, -0.2) is 4.98 Å². The minimum Gasteiger partial charge on any atom is -0.298 e. The van der Waals surface area contributed by atoms with Crippen molar-refractivity contribution in [3.63, 3.8) is 0 Å². The maximum Gasteiger partial charge on any atom is 0.152 e. The van der Waals surface area contributed by atoms with Crippen LogP contribution in [0.1, 0.15) is 10.4 Å². The molecule has 0 radical (unpaired) electrons. The Labute approximate surface area is 125 Å². The Morgan fingerprint density at radius 3 is 2.70 bits per heavy atom. The van der Waals surface area contributed by atoms with E-state index in [1.807, 2.05) is 54.6 Å². The quantitative estimate of drug-likeness (QED) is 0.647. The number of halogens is 1. The zero-order valence-electron chi connectivity index (χ0n) is 10.4. The van der Waals surface area contributed by atoms with Crippen LogP contribution in [0.25, 0.3) is 10.9 Å². The number of aldehydes is 1. The van der Waals surface area contributed by atoms with E-state index in [1.54, 1.807) is 0 Å². The van der Waals surface area contributed by atoms with Crippen molar-refractivity contribution in [1.29, 1.82) is 0 Å². The first-order valence-corrected chi connectivity index (χ1v) is 7.24. The molecule has 3 aromatic rings. The molecule has 1 heterocycles. The number of benzene rings is 2. The molecule has 0 spiro atoms. The zero-order valence-corrected chi connectivity index (χ0v) is 12.0. The van der Waals surface area contributed by atoms with Crippen LogP contribution in [0.3, 0.4) is 0 Å². The van der Waals surface area contributed by atoms with E-state index in [0.29, 0.717) is 15.6 Å². The van der Waals surface area contributed by atoms with Crippen molar-refractivity contribution in [2.24, 2.45) is 0 Å². The first kappa shape index (κ1) is 13.2. The lowest BCUT2D eigenvalue weighted by Crippen LogP contribution is -1.91. The predicted molar refractivity (Wildman–Crippen MR) is 82.7 cm³/mol. The fourth-order valence-corrected chi connectivity index (χ4v) is 3.10. The molecule has 2 aromatic carbocycles. The molecule has 20 heavy (non-hydrogen) atoms. The molecule has 0 N–H and O–H groups in total. The van der Waals surface area contributed by atoms with Gasteiger partial charge < -0.3 is 0 Å². The van der Waals surface area contributed by atoms with Gasteiger partial charge in [-0.3, -0.25) is 4.79 Å². The summed E-state index contributed by atoms with van der Waals surface area (Å²) in [5.41, 5.74) is 1.47. The van der Waals surface area contributed by atoms with Crippen molar-refractivity contribution in [2.75, 3.05) is 0 Å². The van der Waals surface area contributed by atoms with Gasteiger partial charge >= 0.3 is 0 Å². The predicted octanol–water partition coefficient (Wildman–Crippen LogP) is 4.85. The lowest BCUT2D eigenvalue weighted by atomic mass is 10.2. The summed E-state index contributed by atoms with van der Waals surface area (Å²) in [4.78, 5) is 16.8. The Morgan fingerprint density at radius 1 is 1.05 bits per heavy atom. The van der Waals surface area contributed by atoms with Crippen LogP contribution in [-0.2, 0) is 0 Å². The Balaban J connectivity index is 2.07. The summed E-state index contributed by atoms with van der Waals surface area (Å²) in [6.07, 6.45) is 0.840. The topological polar surface area (TPSA) is 30.0 Å². The molecule has 0 fully saturated rings. The maximum absolute atomic E-state index is 11.2. The summed E-state index contributed by atoms with van der Waals surface area (Å²) in [6, 6.07) is 17.1. The molecule has 3 rings (SSSR count). The van der Waals surface area contributed by atoms with E-state index in [9.17, 15) is 4.79 Å². The molecule has 0 aliphatic heterocycles. The second-order valence-corrected chi connectivity index (χ2v) is 5.75. The van der Waals surface area contributed by atoms with Gasteiger partial charge in [0.1, 0.15) is 5.03 Å². The number of pyridine rings is 1. The first-order valence-electron chi connectivity index (χ1n) is 6.04. The third kappa shape index (κ3) is 2.69. The van der Waals surface area contributed by atoms with Gasteiger partial charge in [0, 0.05) is 20.9 Å². The summed E-state index contributed by atoms with van der Waals surface area (Å²) in [7, 11) is 0. The second-order valence-electron chi connectivity index (χ2n) is 4.25. The normalized spacial score (nSPS) is 10.7. The van der Waals surface area contributed by atoms with Crippen LogP contribution in [-0.4, -0.2) is 11.3 Å². The molecule has 98 valence electrons. The van der Waals surface area contributed by atoms with Gasteiger partial charge in [0.25, 0.3) is 0 Å². The molecule has 0 bridgehead atoms. The highest BCUT2D eigenvalue weighted by molar-refractivity contribution is 7.99. The fourth-order valence-electron chi connectivity index (χ4n) is 1.92. The Bertz CT molecular complexity index is 788. The van der Waals surface area contributed by atoms with Gasteiger partial charge in [-0.2, -0.15) is 0 Å². The van der Waals surface area contributed by atoms with Crippen LogP contribution in [0, 0.1) is 0 Å². The highest BCUT2D eigenvalue weighted by Crippen LogP contribution is 2.31. The standard InChI is InChI=1S/C16H10ClNOS/c17-13-5-3-6-14(9-13)20-16-12(10-19)8-11-4-1-2-7-15(11)18-16/h1-10H. The van der Waals surface area contributed by atoms with E-state index in [0.717, 1.165) is 22.1 Å².